The van der Waals surface area contributed by atoms with Gasteiger partial charge in [-0.3, -0.25) is 4.79 Å². The molecule has 2 aromatic rings. The minimum Gasteiger partial charge on any atom is -0.494 e. The number of hydrogen-bond donors (Lipinski definition) is 2. The van der Waals surface area contributed by atoms with E-state index in [1.165, 1.54) is 24.3 Å². The summed E-state index contributed by atoms with van der Waals surface area (Å²) in [5, 5.41) is 2.62. The molecule has 0 bridgehead atoms. The summed E-state index contributed by atoms with van der Waals surface area (Å²) in [4.78, 5) is 11.8. The van der Waals surface area contributed by atoms with E-state index in [1.807, 2.05) is 6.92 Å². The first-order chi connectivity index (χ1) is 12.4. The molecule has 0 saturated heterocycles. The lowest BCUT2D eigenvalue weighted by atomic mass is 10.1. The Labute approximate surface area is 152 Å². The zero-order valence-electron chi connectivity index (χ0n) is 14.4. The van der Waals surface area contributed by atoms with Crippen LogP contribution in [0.25, 0.3) is 0 Å². The second-order valence-electron chi connectivity index (χ2n) is 5.46. The quantitative estimate of drug-likeness (QED) is 0.696. The summed E-state index contributed by atoms with van der Waals surface area (Å²) in [5.74, 6) is -0.187. The minimum absolute atomic E-state index is 0.0556. The summed E-state index contributed by atoms with van der Waals surface area (Å²) in [5.41, 5.74) is 0.877. The third-order valence-electron chi connectivity index (χ3n) is 3.52. The molecule has 0 atom stereocenters. The summed E-state index contributed by atoms with van der Waals surface area (Å²) >= 11 is 0. The standard InChI is InChI=1S/C18H21FN2O4S/c1-2-25-16-7-9-17(10-8-16)26(23,24)21-13-18(22)20-12-11-14-3-5-15(19)6-4-14/h3-10,21H,2,11-13H2,1H3,(H,20,22). The van der Waals surface area contributed by atoms with Gasteiger partial charge in [0.2, 0.25) is 15.9 Å². The molecule has 8 heteroatoms. The van der Waals surface area contributed by atoms with Crippen LogP contribution in [0.1, 0.15) is 12.5 Å². The molecule has 1 amide bonds. The van der Waals surface area contributed by atoms with E-state index in [4.69, 9.17) is 4.74 Å². The molecule has 6 nitrogen and oxygen atoms in total. The van der Waals surface area contributed by atoms with Crippen LogP contribution in [0, 0.1) is 5.82 Å². The van der Waals surface area contributed by atoms with E-state index in [1.54, 1.807) is 24.3 Å². The van der Waals surface area contributed by atoms with Gasteiger partial charge in [-0.1, -0.05) is 12.1 Å². The van der Waals surface area contributed by atoms with Crippen LogP contribution in [-0.2, 0) is 21.2 Å². The molecular formula is C18H21FN2O4S. The van der Waals surface area contributed by atoms with Crippen molar-refractivity contribution in [1.29, 1.82) is 0 Å². The fourth-order valence-electron chi connectivity index (χ4n) is 2.19. The molecule has 26 heavy (non-hydrogen) atoms. The van der Waals surface area contributed by atoms with E-state index in [0.29, 0.717) is 25.3 Å². The van der Waals surface area contributed by atoms with Gasteiger partial charge in [0.15, 0.2) is 0 Å². The van der Waals surface area contributed by atoms with Crippen LogP contribution in [-0.4, -0.2) is 34.0 Å². The number of rotatable bonds is 9. The van der Waals surface area contributed by atoms with Crippen molar-refractivity contribution < 1.29 is 22.3 Å². The lowest BCUT2D eigenvalue weighted by molar-refractivity contribution is -0.119. The third-order valence-corrected chi connectivity index (χ3v) is 4.93. The summed E-state index contributed by atoms with van der Waals surface area (Å²) in [7, 11) is -3.78. The Morgan fingerprint density at radius 2 is 1.73 bits per heavy atom. The number of amides is 1. The largest absolute Gasteiger partial charge is 0.494 e. The van der Waals surface area contributed by atoms with Crippen molar-refractivity contribution in [1.82, 2.24) is 10.0 Å². The van der Waals surface area contributed by atoms with Crippen molar-refractivity contribution >= 4 is 15.9 Å². The number of ether oxygens (including phenoxy) is 1. The highest BCUT2D eigenvalue weighted by Gasteiger charge is 2.15. The highest BCUT2D eigenvalue weighted by atomic mass is 32.2. The summed E-state index contributed by atoms with van der Waals surface area (Å²) < 4.78 is 44.7. The SMILES string of the molecule is CCOc1ccc(S(=O)(=O)NCC(=O)NCCc2ccc(F)cc2)cc1. The topological polar surface area (TPSA) is 84.5 Å². The van der Waals surface area contributed by atoms with Crippen molar-refractivity contribution in [3.05, 3.63) is 59.9 Å². The predicted octanol–water partition coefficient (Wildman–Crippen LogP) is 1.86. The number of sulfonamides is 1. The van der Waals surface area contributed by atoms with E-state index in [9.17, 15) is 17.6 Å². The van der Waals surface area contributed by atoms with E-state index in [0.717, 1.165) is 5.56 Å². The maximum atomic E-state index is 12.8. The predicted molar refractivity (Wildman–Crippen MR) is 95.9 cm³/mol. The molecule has 0 aromatic heterocycles. The van der Waals surface area contributed by atoms with E-state index in [-0.39, 0.29) is 17.3 Å². The minimum atomic E-state index is -3.78. The third kappa shape index (κ3) is 6.12. The first kappa shape index (κ1) is 19.9. The summed E-state index contributed by atoms with van der Waals surface area (Å²) in [6.45, 7) is 2.29. The Balaban J connectivity index is 1.78. The van der Waals surface area contributed by atoms with Gasteiger partial charge in [-0.05, 0) is 55.3 Å². The van der Waals surface area contributed by atoms with Gasteiger partial charge in [-0.15, -0.1) is 0 Å². The molecule has 0 fully saturated rings. The number of halogens is 1. The normalized spacial score (nSPS) is 11.2. The molecule has 0 unspecified atom stereocenters. The Morgan fingerprint density at radius 3 is 2.35 bits per heavy atom. The monoisotopic (exact) mass is 380 g/mol. The van der Waals surface area contributed by atoms with Crippen LogP contribution in [0.4, 0.5) is 4.39 Å². The Bertz CT molecular complexity index is 821. The molecule has 0 heterocycles. The fourth-order valence-corrected chi connectivity index (χ4v) is 3.17. The van der Waals surface area contributed by atoms with Crippen LogP contribution in [0.5, 0.6) is 5.75 Å². The molecule has 0 aliphatic carbocycles. The van der Waals surface area contributed by atoms with Gasteiger partial charge < -0.3 is 10.1 Å². The van der Waals surface area contributed by atoms with Crippen LogP contribution in [0.2, 0.25) is 0 Å². The van der Waals surface area contributed by atoms with Gasteiger partial charge >= 0.3 is 0 Å². The van der Waals surface area contributed by atoms with Crippen molar-refractivity contribution in [2.75, 3.05) is 19.7 Å². The molecular weight excluding hydrogens is 359 g/mol. The summed E-state index contributed by atoms with van der Waals surface area (Å²) in [6.07, 6.45) is 0.525. The van der Waals surface area contributed by atoms with E-state index >= 15 is 0 Å². The number of carbonyl (C=O) groups excluding carboxylic acids is 1. The average molecular weight is 380 g/mol. The molecule has 2 aromatic carbocycles. The summed E-state index contributed by atoms with van der Waals surface area (Å²) in [6, 6.07) is 11.9. The zero-order valence-corrected chi connectivity index (χ0v) is 15.2. The highest BCUT2D eigenvalue weighted by Crippen LogP contribution is 2.15. The maximum Gasteiger partial charge on any atom is 0.241 e. The van der Waals surface area contributed by atoms with Crippen molar-refractivity contribution in [2.24, 2.45) is 0 Å². The van der Waals surface area contributed by atoms with Crippen LogP contribution in [0.3, 0.4) is 0 Å². The first-order valence-corrected chi connectivity index (χ1v) is 9.62. The first-order valence-electron chi connectivity index (χ1n) is 8.14. The second kappa shape index (κ2) is 9.30. The van der Waals surface area contributed by atoms with Crippen LogP contribution < -0.4 is 14.8 Å². The number of benzene rings is 2. The fraction of sp³-hybridized carbons (Fsp3) is 0.278. The Morgan fingerprint density at radius 1 is 1.08 bits per heavy atom. The smallest absolute Gasteiger partial charge is 0.241 e. The molecule has 0 aliphatic rings. The Kier molecular flexibility index (Phi) is 7.11. The van der Waals surface area contributed by atoms with Gasteiger partial charge in [-0.2, -0.15) is 0 Å². The van der Waals surface area contributed by atoms with Crippen molar-refractivity contribution in [3.63, 3.8) is 0 Å². The lowest BCUT2D eigenvalue weighted by Crippen LogP contribution is -2.37. The van der Waals surface area contributed by atoms with Gasteiger partial charge in [-0.25, -0.2) is 17.5 Å². The Hall–Kier alpha value is -2.45. The number of hydrogen-bond acceptors (Lipinski definition) is 4. The van der Waals surface area contributed by atoms with E-state index in [2.05, 4.69) is 10.0 Å². The molecule has 0 spiro atoms. The average Bonchev–Trinajstić information content (AvgIpc) is 2.63. The van der Waals surface area contributed by atoms with Crippen LogP contribution >= 0.6 is 0 Å². The number of carbonyl (C=O) groups is 1. The molecule has 0 radical (unpaired) electrons. The molecule has 140 valence electrons. The van der Waals surface area contributed by atoms with Gasteiger partial charge in [0.05, 0.1) is 18.0 Å². The van der Waals surface area contributed by atoms with Gasteiger partial charge in [0.1, 0.15) is 11.6 Å². The molecule has 2 rings (SSSR count). The zero-order chi connectivity index (χ0) is 19.0. The second-order valence-corrected chi connectivity index (χ2v) is 7.22. The van der Waals surface area contributed by atoms with Crippen molar-refractivity contribution in [2.45, 2.75) is 18.2 Å². The molecule has 2 N–H and O–H groups in total. The highest BCUT2D eigenvalue weighted by molar-refractivity contribution is 7.89. The maximum absolute atomic E-state index is 12.8. The lowest BCUT2D eigenvalue weighted by Gasteiger charge is -2.09. The van der Waals surface area contributed by atoms with E-state index < -0.39 is 15.9 Å². The molecule has 0 aliphatic heterocycles. The molecule has 0 saturated carbocycles. The van der Waals surface area contributed by atoms with Gasteiger partial charge in [0, 0.05) is 6.54 Å². The van der Waals surface area contributed by atoms with Crippen molar-refractivity contribution in [3.8, 4) is 5.75 Å². The number of nitrogens with one attached hydrogen (secondary N) is 2. The van der Waals surface area contributed by atoms with Gasteiger partial charge in [0.25, 0.3) is 0 Å². The van der Waals surface area contributed by atoms with Crippen LogP contribution in [0.15, 0.2) is 53.4 Å².